The lowest BCUT2D eigenvalue weighted by molar-refractivity contribution is -0.135. The van der Waals surface area contributed by atoms with Gasteiger partial charge in [0.2, 0.25) is 35.4 Å². The number of amides is 6. The van der Waals surface area contributed by atoms with Crippen molar-refractivity contribution < 1.29 is 28.8 Å². The summed E-state index contributed by atoms with van der Waals surface area (Å²) in [6.07, 6.45) is 6.10. The van der Waals surface area contributed by atoms with Crippen LogP contribution in [0.3, 0.4) is 0 Å². The van der Waals surface area contributed by atoms with Crippen molar-refractivity contribution in [3.63, 3.8) is 0 Å². The van der Waals surface area contributed by atoms with Crippen LogP contribution in [0.15, 0.2) is 54.8 Å². The number of carbonyl (C=O) groups is 6. The summed E-state index contributed by atoms with van der Waals surface area (Å²) in [7, 11) is 0. The maximum Gasteiger partial charge on any atom is 0.243 e. The van der Waals surface area contributed by atoms with Crippen LogP contribution in [0, 0.1) is 11.8 Å². The minimum Gasteiger partial charge on any atom is -0.372 e. The van der Waals surface area contributed by atoms with Crippen molar-refractivity contribution in [2.24, 2.45) is 17.6 Å². The number of aromatic nitrogens is 2. The van der Waals surface area contributed by atoms with E-state index in [-0.39, 0.29) is 49.8 Å². The fourth-order valence-corrected chi connectivity index (χ4v) is 5.58. The number of imidazole rings is 1. The number of rotatable bonds is 21. The van der Waals surface area contributed by atoms with Gasteiger partial charge in [-0.1, -0.05) is 58.0 Å². The Morgan fingerprint density at radius 2 is 1.35 bits per heavy atom. The normalized spacial score (nSPS) is 15.2. The Hall–Kier alpha value is -5.41. The zero-order chi connectivity index (χ0) is 38.2. The number of H-pyrrole nitrogens is 1. The second kappa shape index (κ2) is 20.4. The molecule has 16 nitrogen and oxygen atoms in total. The molecule has 1 aromatic heterocycles. The second-order valence-corrected chi connectivity index (χ2v) is 13.9. The molecule has 0 fully saturated rings. The lowest BCUT2D eigenvalue weighted by atomic mass is 9.99. The largest absolute Gasteiger partial charge is 0.372 e. The fourth-order valence-electron chi connectivity index (χ4n) is 5.58. The number of aryl methyl sites for hydroxylation is 1. The van der Waals surface area contributed by atoms with E-state index >= 15 is 0 Å². The molecule has 1 aromatic carbocycles. The summed E-state index contributed by atoms with van der Waals surface area (Å²) in [5.74, 6) is -3.48. The van der Waals surface area contributed by atoms with Crippen LogP contribution in [0.25, 0.3) is 0 Å². The van der Waals surface area contributed by atoms with E-state index in [4.69, 9.17) is 5.73 Å². The summed E-state index contributed by atoms with van der Waals surface area (Å²) in [4.78, 5) is 85.9. The molecule has 16 heteroatoms. The lowest BCUT2D eigenvalue weighted by Crippen LogP contribution is -2.59. The lowest BCUT2D eigenvalue weighted by Gasteiger charge is -2.27. The Kier molecular flexibility index (Phi) is 16.1. The SMILES string of the molecule is CC(C)CC(NC(=O)[C@H](CC(C)C)NC(=O)[C@H](C)NC(=O)[C@H](Cc1cnc[nH]1)NC(=O)CCc1ccccc1)C(=O)N[C@@H](CC1=CNCN1)C(N)=O. The third-order valence-corrected chi connectivity index (χ3v) is 8.32. The summed E-state index contributed by atoms with van der Waals surface area (Å²) in [5.41, 5.74) is 7.87. The molecule has 284 valence electrons. The van der Waals surface area contributed by atoms with Gasteiger partial charge in [0.05, 0.1) is 13.0 Å². The van der Waals surface area contributed by atoms with Crippen molar-refractivity contribution in [1.29, 1.82) is 0 Å². The average molecular weight is 723 g/mol. The van der Waals surface area contributed by atoms with Crippen molar-refractivity contribution in [1.82, 2.24) is 47.2 Å². The first-order chi connectivity index (χ1) is 24.7. The molecule has 3 rings (SSSR count). The topological polar surface area (TPSA) is 241 Å². The van der Waals surface area contributed by atoms with Gasteiger partial charge in [-0.05, 0) is 43.6 Å². The first kappa shape index (κ1) is 41.0. The van der Waals surface area contributed by atoms with E-state index in [2.05, 4.69) is 47.2 Å². The summed E-state index contributed by atoms with van der Waals surface area (Å²) in [5, 5.41) is 19.6. The summed E-state index contributed by atoms with van der Waals surface area (Å²) < 4.78 is 0. The van der Waals surface area contributed by atoms with Gasteiger partial charge in [0, 0.05) is 43.1 Å². The van der Waals surface area contributed by atoms with E-state index in [1.807, 2.05) is 58.0 Å². The molecule has 52 heavy (non-hydrogen) atoms. The number of carbonyl (C=O) groups excluding carboxylic acids is 6. The summed E-state index contributed by atoms with van der Waals surface area (Å²) in [6.45, 7) is 9.51. The molecule has 0 spiro atoms. The molecule has 1 aliphatic rings. The van der Waals surface area contributed by atoms with Crippen LogP contribution in [0.2, 0.25) is 0 Å². The molecule has 2 heterocycles. The van der Waals surface area contributed by atoms with Gasteiger partial charge >= 0.3 is 0 Å². The molecule has 0 radical (unpaired) electrons. The molecule has 6 amide bonds. The Labute approximate surface area is 304 Å². The number of nitrogens with zero attached hydrogens (tertiary/aromatic N) is 1. The number of nitrogens with two attached hydrogens (primary N) is 1. The number of hydrogen-bond acceptors (Lipinski definition) is 9. The van der Waals surface area contributed by atoms with Crippen molar-refractivity contribution >= 4 is 35.4 Å². The van der Waals surface area contributed by atoms with Crippen LogP contribution in [0.1, 0.15) is 71.6 Å². The van der Waals surface area contributed by atoms with Crippen LogP contribution in [0.4, 0.5) is 0 Å². The van der Waals surface area contributed by atoms with Gasteiger partial charge in [-0.25, -0.2) is 4.98 Å². The van der Waals surface area contributed by atoms with E-state index in [0.717, 1.165) is 5.56 Å². The van der Waals surface area contributed by atoms with E-state index < -0.39 is 59.7 Å². The van der Waals surface area contributed by atoms with E-state index in [0.29, 0.717) is 24.5 Å². The molecule has 0 aliphatic carbocycles. The number of nitrogens with one attached hydrogen (secondary N) is 8. The molecular weight excluding hydrogens is 668 g/mol. The van der Waals surface area contributed by atoms with Gasteiger partial charge < -0.3 is 47.9 Å². The minimum atomic E-state index is -1.08. The van der Waals surface area contributed by atoms with Gasteiger partial charge in [-0.15, -0.1) is 0 Å². The Bertz CT molecular complexity index is 1530. The summed E-state index contributed by atoms with van der Waals surface area (Å²) in [6, 6.07) is 4.33. The predicted molar refractivity (Wildman–Crippen MR) is 194 cm³/mol. The highest BCUT2D eigenvalue weighted by Gasteiger charge is 2.32. The predicted octanol–water partition coefficient (Wildman–Crippen LogP) is -0.0118. The Balaban J connectivity index is 1.66. The molecule has 2 aromatic rings. The molecule has 10 N–H and O–H groups in total. The van der Waals surface area contributed by atoms with Crippen molar-refractivity contribution in [2.75, 3.05) is 6.67 Å². The zero-order valence-electron chi connectivity index (χ0n) is 30.6. The molecule has 1 aliphatic heterocycles. The molecule has 0 saturated heterocycles. The maximum atomic E-state index is 13.7. The number of aromatic amines is 1. The van der Waals surface area contributed by atoms with Gasteiger partial charge in [0.1, 0.15) is 30.2 Å². The van der Waals surface area contributed by atoms with E-state index in [1.54, 1.807) is 12.4 Å². The highest BCUT2D eigenvalue weighted by Crippen LogP contribution is 2.11. The molecule has 1 unspecified atom stereocenters. The monoisotopic (exact) mass is 722 g/mol. The minimum absolute atomic E-state index is 0.00612. The maximum absolute atomic E-state index is 13.7. The average Bonchev–Trinajstić information content (AvgIpc) is 3.81. The number of hydrogen-bond donors (Lipinski definition) is 9. The second-order valence-electron chi connectivity index (χ2n) is 13.9. The van der Waals surface area contributed by atoms with Crippen LogP contribution in [-0.2, 0) is 41.6 Å². The smallest absolute Gasteiger partial charge is 0.243 e. The third-order valence-electron chi connectivity index (χ3n) is 8.32. The van der Waals surface area contributed by atoms with Crippen LogP contribution >= 0.6 is 0 Å². The summed E-state index contributed by atoms with van der Waals surface area (Å²) >= 11 is 0. The first-order valence-corrected chi connectivity index (χ1v) is 17.7. The quantitative estimate of drug-likeness (QED) is 0.0841. The zero-order valence-corrected chi connectivity index (χ0v) is 30.6. The Morgan fingerprint density at radius 3 is 1.88 bits per heavy atom. The molecule has 5 atom stereocenters. The molecule has 0 bridgehead atoms. The van der Waals surface area contributed by atoms with Gasteiger partial charge in [-0.2, -0.15) is 0 Å². The van der Waals surface area contributed by atoms with Gasteiger partial charge in [0.15, 0.2) is 0 Å². The van der Waals surface area contributed by atoms with Crippen LogP contribution in [0.5, 0.6) is 0 Å². The van der Waals surface area contributed by atoms with Crippen LogP contribution in [-0.4, -0.2) is 82.3 Å². The fraction of sp³-hybridized carbons (Fsp3) is 0.528. The number of primary amides is 1. The van der Waals surface area contributed by atoms with Crippen molar-refractivity contribution in [3.8, 4) is 0 Å². The van der Waals surface area contributed by atoms with E-state index in [1.165, 1.54) is 13.3 Å². The van der Waals surface area contributed by atoms with Gasteiger partial charge in [0.25, 0.3) is 0 Å². The molecule has 0 saturated carbocycles. The van der Waals surface area contributed by atoms with Crippen molar-refractivity contribution in [3.05, 3.63) is 66.0 Å². The highest BCUT2D eigenvalue weighted by molar-refractivity contribution is 5.96. The van der Waals surface area contributed by atoms with E-state index in [9.17, 15) is 28.8 Å². The highest BCUT2D eigenvalue weighted by atomic mass is 16.2. The van der Waals surface area contributed by atoms with Crippen LogP contribution < -0.4 is 43.0 Å². The third kappa shape index (κ3) is 14.1. The Morgan fingerprint density at radius 1 is 0.750 bits per heavy atom. The number of benzene rings is 1. The molecular formula is C36H54N10O6. The first-order valence-electron chi connectivity index (χ1n) is 17.7. The van der Waals surface area contributed by atoms with Crippen molar-refractivity contribution in [2.45, 2.75) is 103 Å². The standard InChI is InChI=1S/C36H54N10O6/c1-21(2)13-28(36(52)46-29(14-22(3)4)35(51)44-27(32(37)48)15-25-17-38-19-40-25)45-33(49)23(5)42-34(50)30(16-26-18-39-20-41-26)43-31(47)12-11-24-9-7-6-8-10-24/h6-10,17-18,20-23,27-30,38,40H,11-16,19H2,1-5H3,(H2,37,48)(H,39,41)(H,42,50)(H,43,47)(H,44,51)(H,45,49)(H,46,52)/t23-,27-,28-,29?,30-/m0/s1. The van der Waals surface area contributed by atoms with Gasteiger partial charge in [-0.3, -0.25) is 28.8 Å².